The molecule has 0 aliphatic heterocycles. The molecule has 0 aromatic heterocycles. The maximum Gasteiger partial charge on any atom is 0.224 e. The Labute approximate surface area is 158 Å². The summed E-state index contributed by atoms with van der Waals surface area (Å²) in [5.74, 6) is -1.23. The van der Waals surface area contributed by atoms with E-state index in [1.165, 1.54) is 0 Å². The fourth-order valence-corrected chi connectivity index (χ4v) is 2.37. The molecule has 26 heavy (non-hydrogen) atoms. The van der Waals surface area contributed by atoms with Crippen LogP contribution in [0.4, 0.5) is 14.5 Å². The van der Waals surface area contributed by atoms with Gasteiger partial charge in [0.2, 0.25) is 5.91 Å². The molecular formula is C19H23ClF2N2O2. The van der Waals surface area contributed by atoms with Crippen molar-refractivity contribution in [1.82, 2.24) is 0 Å². The van der Waals surface area contributed by atoms with E-state index in [2.05, 4.69) is 5.32 Å². The number of unbranched alkanes of at least 4 members (excludes halogenated alkanes) is 3. The van der Waals surface area contributed by atoms with E-state index < -0.39 is 11.6 Å². The highest BCUT2D eigenvalue weighted by Crippen LogP contribution is 2.30. The number of carbonyl (C=O) groups is 1. The molecule has 0 heterocycles. The smallest absolute Gasteiger partial charge is 0.224 e. The first-order valence-corrected chi connectivity index (χ1v) is 8.31. The fourth-order valence-electron chi connectivity index (χ4n) is 2.37. The minimum Gasteiger partial charge on any atom is -0.455 e. The number of amides is 1. The monoisotopic (exact) mass is 384 g/mol. The summed E-state index contributed by atoms with van der Waals surface area (Å²) in [7, 11) is 0. The average molecular weight is 385 g/mol. The van der Waals surface area contributed by atoms with Crippen LogP contribution in [0.3, 0.4) is 0 Å². The van der Waals surface area contributed by atoms with Gasteiger partial charge in [-0.1, -0.05) is 25.0 Å². The van der Waals surface area contributed by atoms with Crippen molar-refractivity contribution in [2.75, 3.05) is 11.9 Å². The molecule has 142 valence electrons. The van der Waals surface area contributed by atoms with Crippen LogP contribution in [0.2, 0.25) is 0 Å². The minimum absolute atomic E-state index is 0. The van der Waals surface area contributed by atoms with Gasteiger partial charge in [0.25, 0.3) is 0 Å². The summed E-state index contributed by atoms with van der Waals surface area (Å²) in [5, 5.41) is 2.77. The van der Waals surface area contributed by atoms with E-state index in [-0.39, 0.29) is 24.1 Å². The van der Waals surface area contributed by atoms with Crippen molar-refractivity contribution in [2.24, 2.45) is 5.73 Å². The van der Waals surface area contributed by atoms with Crippen molar-refractivity contribution in [3.05, 3.63) is 54.1 Å². The Balaban J connectivity index is 0.00000338. The molecule has 0 aliphatic carbocycles. The second-order valence-corrected chi connectivity index (χ2v) is 5.70. The first-order chi connectivity index (χ1) is 12.1. The van der Waals surface area contributed by atoms with Crippen LogP contribution in [-0.2, 0) is 4.79 Å². The summed E-state index contributed by atoms with van der Waals surface area (Å²) >= 11 is 0. The van der Waals surface area contributed by atoms with E-state index in [4.69, 9.17) is 10.5 Å². The molecule has 2 rings (SSSR count). The van der Waals surface area contributed by atoms with Gasteiger partial charge in [-0.3, -0.25) is 4.79 Å². The molecule has 0 saturated carbocycles. The van der Waals surface area contributed by atoms with Crippen LogP contribution in [0.1, 0.15) is 32.1 Å². The second kappa shape index (κ2) is 11.4. The Morgan fingerprint density at radius 3 is 2.35 bits per heavy atom. The predicted octanol–water partition coefficient (Wildman–Crippen LogP) is 5.03. The van der Waals surface area contributed by atoms with Gasteiger partial charge in [-0.15, -0.1) is 12.4 Å². The molecule has 0 saturated heterocycles. The van der Waals surface area contributed by atoms with Crippen molar-refractivity contribution >= 4 is 24.0 Å². The van der Waals surface area contributed by atoms with Gasteiger partial charge < -0.3 is 15.8 Å². The lowest BCUT2D eigenvalue weighted by Crippen LogP contribution is -2.11. The van der Waals surface area contributed by atoms with Crippen LogP contribution < -0.4 is 15.8 Å². The molecule has 0 aliphatic rings. The van der Waals surface area contributed by atoms with Crippen LogP contribution in [0.25, 0.3) is 0 Å². The number of nitrogens with one attached hydrogen (secondary N) is 1. The van der Waals surface area contributed by atoms with E-state index in [1.807, 2.05) is 0 Å². The number of carbonyl (C=O) groups excluding carboxylic acids is 1. The number of nitrogens with two attached hydrogens (primary N) is 1. The van der Waals surface area contributed by atoms with Crippen molar-refractivity contribution in [2.45, 2.75) is 32.1 Å². The molecule has 2 aromatic carbocycles. The summed E-state index contributed by atoms with van der Waals surface area (Å²) in [5.41, 5.74) is 5.89. The van der Waals surface area contributed by atoms with Gasteiger partial charge in [0, 0.05) is 24.6 Å². The molecule has 0 spiro atoms. The lowest BCUT2D eigenvalue weighted by molar-refractivity contribution is -0.116. The van der Waals surface area contributed by atoms with Crippen LogP contribution in [0.15, 0.2) is 42.5 Å². The Kier molecular flexibility index (Phi) is 9.62. The van der Waals surface area contributed by atoms with E-state index in [0.717, 1.165) is 43.9 Å². The number of hydrogen-bond donors (Lipinski definition) is 2. The van der Waals surface area contributed by atoms with Gasteiger partial charge in [-0.2, -0.15) is 0 Å². The summed E-state index contributed by atoms with van der Waals surface area (Å²) in [6.07, 6.45) is 4.10. The number of rotatable bonds is 9. The first kappa shape index (κ1) is 21.9. The average Bonchev–Trinajstić information content (AvgIpc) is 2.55. The number of ether oxygens (including phenoxy) is 1. The number of halogens is 3. The van der Waals surface area contributed by atoms with Crippen molar-refractivity contribution in [1.29, 1.82) is 0 Å². The van der Waals surface area contributed by atoms with Gasteiger partial charge >= 0.3 is 0 Å². The van der Waals surface area contributed by atoms with Gasteiger partial charge in [-0.25, -0.2) is 8.78 Å². The zero-order valence-corrected chi connectivity index (χ0v) is 15.2. The number of para-hydroxylation sites is 2. The van der Waals surface area contributed by atoms with Crippen molar-refractivity contribution in [3.8, 4) is 11.5 Å². The molecular weight excluding hydrogens is 362 g/mol. The Morgan fingerprint density at radius 2 is 1.65 bits per heavy atom. The third-order valence-electron chi connectivity index (χ3n) is 3.58. The standard InChI is InChI=1S/C19H22F2N2O2.ClH/c20-14-11-15(21)13-16(12-14)25-18-8-5-4-7-17(18)23-19(24)9-3-1-2-6-10-22;/h4-5,7-8,11-13H,1-3,6,9-10,22H2,(H,23,24);1H. The maximum atomic E-state index is 13.3. The molecule has 0 atom stereocenters. The molecule has 1 amide bonds. The van der Waals surface area contributed by atoms with E-state index in [1.54, 1.807) is 24.3 Å². The lowest BCUT2D eigenvalue weighted by Gasteiger charge is -2.12. The number of hydrogen-bond acceptors (Lipinski definition) is 3. The highest BCUT2D eigenvalue weighted by molar-refractivity contribution is 5.92. The molecule has 0 unspecified atom stereocenters. The number of benzene rings is 2. The van der Waals surface area contributed by atoms with Gasteiger partial charge in [0.05, 0.1) is 5.69 Å². The van der Waals surface area contributed by atoms with Crippen molar-refractivity contribution < 1.29 is 18.3 Å². The first-order valence-electron chi connectivity index (χ1n) is 8.31. The minimum atomic E-state index is -0.728. The zero-order valence-electron chi connectivity index (χ0n) is 14.3. The van der Waals surface area contributed by atoms with Gasteiger partial charge in [0.15, 0.2) is 5.75 Å². The van der Waals surface area contributed by atoms with Crippen molar-refractivity contribution in [3.63, 3.8) is 0 Å². The molecule has 0 bridgehead atoms. The summed E-state index contributed by atoms with van der Waals surface area (Å²) in [6.45, 7) is 0.664. The quantitative estimate of drug-likeness (QED) is 0.596. The number of anilines is 1. The predicted molar refractivity (Wildman–Crippen MR) is 101 cm³/mol. The highest BCUT2D eigenvalue weighted by atomic mass is 35.5. The van der Waals surface area contributed by atoms with E-state index in [9.17, 15) is 13.6 Å². The normalized spacial score (nSPS) is 10.1. The molecule has 4 nitrogen and oxygen atoms in total. The third-order valence-corrected chi connectivity index (χ3v) is 3.58. The van der Waals surface area contributed by atoms with Crippen LogP contribution in [-0.4, -0.2) is 12.5 Å². The SMILES string of the molecule is Cl.NCCCCCCC(=O)Nc1ccccc1Oc1cc(F)cc(F)c1. The molecule has 0 fully saturated rings. The highest BCUT2D eigenvalue weighted by Gasteiger charge is 2.10. The molecule has 7 heteroatoms. The zero-order chi connectivity index (χ0) is 18.1. The van der Waals surface area contributed by atoms with Gasteiger partial charge in [0.1, 0.15) is 17.4 Å². The fraction of sp³-hybridized carbons (Fsp3) is 0.316. The van der Waals surface area contributed by atoms with E-state index >= 15 is 0 Å². The summed E-state index contributed by atoms with van der Waals surface area (Å²) < 4.78 is 32.1. The summed E-state index contributed by atoms with van der Waals surface area (Å²) in [6, 6.07) is 9.70. The van der Waals surface area contributed by atoms with Crippen LogP contribution in [0.5, 0.6) is 11.5 Å². The Hall–Kier alpha value is -2.18. The van der Waals surface area contributed by atoms with E-state index in [0.29, 0.717) is 24.4 Å². The summed E-state index contributed by atoms with van der Waals surface area (Å²) in [4.78, 5) is 12.0. The van der Waals surface area contributed by atoms with Gasteiger partial charge in [-0.05, 0) is 31.5 Å². The maximum absolute atomic E-state index is 13.3. The van der Waals surface area contributed by atoms with Crippen LogP contribution in [0, 0.1) is 11.6 Å². The topological polar surface area (TPSA) is 64.4 Å². The third kappa shape index (κ3) is 7.37. The molecule has 3 N–H and O–H groups in total. The Bertz CT molecular complexity index is 693. The second-order valence-electron chi connectivity index (χ2n) is 5.70. The lowest BCUT2D eigenvalue weighted by atomic mass is 10.1. The Morgan fingerprint density at radius 1 is 1.00 bits per heavy atom. The van der Waals surface area contributed by atoms with Crippen LogP contribution >= 0.6 is 12.4 Å². The largest absolute Gasteiger partial charge is 0.455 e. The molecule has 2 aromatic rings. The molecule has 0 radical (unpaired) electrons.